The van der Waals surface area contributed by atoms with Gasteiger partial charge in [-0.3, -0.25) is 4.68 Å². The van der Waals surface area contributed by atoms with Gasteiger partial charge in [-0.1, -0.05) is 0 Å². The van der Waals surface area contributed by atoms with Gasteiger partial charge in [0.05, 0.1) is 11.1 Å². The van der Waals surface area contributed by atoms with E-state index in [1.54, 1.807) is 13.1 Å². The fourth-order valence-corrected chi connectivity index (χ4v) is 3.19. The summed E-state index contributed by atoms with van der Waals surface area (Å²) in [5.41, 5.74) is -2.09. The smallest absolute Gasteiger partial charge is 0.419 e. The number of phenols is 1. The minimum atomic E-state index is -5.10. The molecule has 0 spiro atoms. The van der Waals surface area contributed by atoms with Crippen molar-refractivity contribution in [2.24, 2.45) is 7.05 Å². The SMILES string of the molecule is Cn1nc(-c2cc(C(F)(F)F)c(F)c(O)c2F)c2cnc(NC3CCC3)cc21. The number of pyridine rings is 1. The molecular weight excluding hydrogens is 383 g/mol. The fraction of sp³-hybridized carbons (Fsp3) is 0.333. The van der Waals surface area contributed by atoms with E-state index in [1.165, 1.54) is 10.9 Å². The predicted molar refractivity (Wildman–Crippen MR) is 91.8 cm³/mol. The van der Waals surface area contributed by atoms with Crippen molar-refractivity contribution in [3.8, 4) is 17.0 Å². The zero-order chi connectivity index (χ0) is 20.2. The summed E-state index contributed by atoms with van der Waals surface area (Å²) in [4.78, 5) is 4.22. The molecule has 1 saturated carbocycles. The van der Waals surface area contributed by atoms with Gasteiger partial charge in [-0.05, 0) is 25.3 Å². The largest absolute Gasteiger partial charge is 0.503 e. The highest BCUT2D eigenvalue weighted by Gasteiger charge is 2.38. The zero-order valence-corrected chi connectivity index (χ0v) is 14.6. The molecule has 2 heterocycles. The van der Waals surface area contributed by atoms with E-state index in [0.29, 0.717) is 23.4 Å². The summed E-state index contributed by atoms with van der Waals surface area (Å²) in [5, 5.41) is 17.1. The molecule has 0 radical (unpaired) electrons. The Kier molecular flexibility index (Phi) is 4.16. The minimum absolute atomic E-state index is 0.168. The molecule has 4 rings (SSSR count). The van der Waals surface area contributed by atoms with Crippen LogP contribution in [0, 0.1) is 11.6 Å². The van der Waals surface area contributed by atoms with Crippen LogP contribution in [0.4, 0.5) is 27.8 Å². The first-order chi connectivity index (χ1) is 13.2. The Morgan fingerprint density at radius 3 is 2.50 bits per heavy atom. The number of hydrogen-bond donors (Lipinski definition) is 2. The third-order valence-corrected chi connectivity index (χ3v) is 4.93. The highest BCUT2D eigenvalue weighted by atomic mass is 19.4. The summed E-state index contributed by atoms with van der Waals surface area (Å²) in [6.07, 6.45) is -0.559. The molecule has 0 saturated heterocycles. The van der Waals surface area contributed by atoms with Crippen LogP contribution in [0.25, 0.3) is 22.2 Å². The topological polar surface area (TPSA) is 63.0 Å². The van der Waals surface area contributed by atoms with Crippen molar-refractivity contribution in [1.29, 1.82) is 0 Å². The van der Waals surface area contributed by atoms with E-state index in [9.17, 15) is 27.1 Å². The first-order valence-electron chi connectivity index (χ1n) is 8.54. The summed E-state index contributed by atoms with van der Waals surface area (Å²) < 4.78 is 68.7. The second-order valence-corrected chi connectivity index (χ2v) is 6.78. The normalized spacial score (nSPS) is 15.1. The number of rotatable bonds is 3. The number of anilines is 1. The Bertz CT molecular complexity index is 1070. The third kappa shape index (κ3) is 2.92. The molecule has 0 bridgehead atoms. The maximum absolute atomic E-state index is 14.4. The van der Waals surface area contributed by atoms with Gasteiger partial charge in [0, 0.05) is 36.3 Å². The van der Waals surface area contributed by atoms with Gasteiger partial charge in [-0.2, -0.15) is 18.3 Å². The van der Waals surface area contributed by atoms with Crippen molar-refractivity contribution in [3.63, 3.8) is 0 Å². The number of benzene rings is 1. The lowest BCUT2D eigenvalue weighted by Gasteiger charge is -2.26. The summed E-state index contributed by atoms with van der Waals surface area (Å²) in [6.45, 7) is 0. The predicted octanol–water partition coefficient (Wildman–Crippen LogP) is 4.60. The quantitative estimate of drug-likeness (QED) is 0.633. The van der Waals surface area contributed by atoms with E-state index >= 15 is 0 Å². The van der Waals surface area contributed by atoms with Gasteiger partial charge in [0.2, 0.25) is 0 Å². The maximum Gasteiger partial charge on any atom is 0.419 e. The van der Waals surface area contributed by atoms with Crippen molar-refractivity contribution in [1.82, 2.24) is 14.8 Å². The first-order valence-corrected chi connectivity index (χ1v) is 8.54. The Hall–Kier alpha value is -2.91. The van der Waals surface area contributed by atoms with Gasteiger partial charge >= 0.3 is 6.18 Å². The van der Waals surface area contributed by atoms with E-state index < -0.39 is 34.7 Å². The fourth-order valence-electron chi connectivity index (χ4n) is 3.19. The number of alkyl halides is 3. The second-order valence-electron chi connectivity index (χ2n) is 6.78. The summed E-state index contributed by atoms with van der Waals surface area (Å²) in [7, 11) is 1.55. The molecule has 2 N–H and O–H groups in total. The number of aromatic hydroxyl groups is 1. The van der Waals surface area contributed by atoms with Crippen LogP contribution in [0.3, 0.4) is 0 Å². The van der Waals surface area contributed by atoms with Gasteiger partial charge in [0.1, 0.15) is 11.5 Å². The number of nitrogens with zero attached hydrogens (tertiary/aromatic N) is 3. The number of aryl methyl sites for hydroxylation is 1. The molecule has 10 heteroatoms. The Labute approximate surface area is 155 Å². The first kappa shape index (κ1) is 18.5. The lowest BCUT2D eigenvalue weighted by molar-refractivity contribution is -0.140. The number of aromatic nitrogens is 3. The molecule has 2 aromatic heterocycles. The monoisotopic (exact) mass is 398 g/mol. The van der Waals surface area contributed by atoms with Gasteiger partial charge in [0.25, 0.3) is 0 Å². The summed E-state index contributed by atoms with van der Waals surface area (Å²) >= 11 is 0. The van der Waals surface area contributed by atoms with E-state index in [-0.39, 0.29) is 11.1 Å². The highest BCUT2D eigenvalue weighted by molar-refractivity contribution is 5.94. The van der Waals surface area contributed by atoms with Crippen LogP contribution in [-0.2, 0) is 13.2 Å². The molecule has 1 fully saturated rings. The Morgan fingerprint density at radius 1 is 1.18 bits per heavy atom. The van der Waals surface area contributed by atoms with Crippen LogP contribution < -0.4 is 5.32 Å². The Morgan fingerprint density at radius 2 is 1.89 bits per heavy atom. The lowest BCUT2D eigenvalue weighted by Crippen LogP contribution is -2.27. The second kappa shape index (κ2) is 6.32. The standard InChI is InChI=1S/C18H15F5N4O/c1-27-12-6-13(25-8-3-2-4-8)24-7-10(12)16(26-27)9-5-11(18(21,22)23)15(20)17(28)14(9)19/h5-8,28H,2-4H2,1H3,(H,24,25). The van der Waals surface area contributed by atoms with E-state index in [2.05, 4.69) is 15.4 Å². The van der Waals surface area contributed by atoms with Crippen LogP contribution in [0.5, 0.6) is 5.75 Å². The molecule has 0 amide bonds. The number of phenolic OH excluding ortho intramolecular Hbond substituents is 1. The van der Waals surface area contributed by atoms with Crippen LogP contribution in [0.1, 0.15) is 24.8 Å². The zero-order valence-electron chi connectivity index (χ0n) is 14.6. The molecule has 28 heavy (non-hydrogen) atoms. The van der Waals surface area contributed by atoms with Gasteiger partial charge in [-0.15, -0.1) is 0 Å². The molecule has 1 aliphatic carbocycles. The number of fused-ring (bicyclic) bond motifs is 1. The van der Waals surface area contributed by atoms with Gasteiger partial charge in [0.15, 0.2) is 17.4 Å². The molecule has 0 aliphatic heterocycles. The molecule has 0 atom stereocenters. The molecule has 0 unspecified atom stereocenters. The number of nitrogens with one attached hydrogen (secondary N) is 1. The van der Waals surface area contributed by atoms with Crippen molar-refractivity contribution < 1.29 is 27.1 Å². The average molecular weight is 398 g/mol. The van der Waals surface area contributed by atoms with Crippen molar-refractivity contribution >= 4 is 16.7 Å². The third-order valence-electron chi connectivity index (χ3n) is 4.93. The Balaban J connectivity index is 1.86. The molecule has 148 valence electrons. The van der Waals surface area contributed by atoms with Crippen LogP contribution in [0.15, 0.2) is 18.3 Å². The molecule has 1 aromatic carbocycles. The van der Waals surface area contributed by atoms with Crippen LogP contribution in [-0.4, -0.2) is 25.9 Å². The molecule has 1 aliphatic rings. The van der Waals surface area contributed by atoms with Gasteiger partial charge < -0.3 is 10.4 Å². The van der Waals surface area contributed by atoms with Crippen LogP contribution in [0.2, 0.25) is 0 Å². The maximum atomic E-state index is 14.4. The summed E-state index contributed by atoms with van der Waals surface area (Å²) in [5.74, 6) is -4.69. The average Bonchev–Trinajstić information content (AvgIpc) is 2.91. The van der Waals surface area contributed by atoms with E-state index in [0.717, 1.165) is 19.3 Å². The highest BCUT2D eigenvalue weighted by Crippen LogP contribution is 2.41. The van der Waals surface area contributed by atoms with E-state index in [4.69, 9.17) is 0 Å². The molecule has 3 aromatic rings. The molecular formula is C18H15F5N4O. The number of hydrogen-bond acceptors (Lipinski definition) is 4. The van der Waals surface area contributed by atoms with Gasteiger partial charge in [-0.25, -0.2) is 13.8 Å². The lowest BCUT2D eigenvalue weighted by atomic mass is 9.93. The molecule has 5 nitrogen and oxygen atoms in total. The van der Waals surface area contributed by atoms with E-state index in [1.807, 2.05) is 0 Å². The number of halogens is 5. The van der Waals surface area contributed by atoms with Crippen LogP contribution >= 0.6 is 0 Å². The minimum Gasteiger partial charge on any atom is -0.503 e. The van der Waals surface area contributed by atoms with Crippen molar-refractivity contribution in [2.45, 2.75) is 31.5 Å². The summed E-state index contributed by atoms with van der Waals surface area (Å²) in [6, 6.07) is 2.29. The van der Waals surface area contributed by atoms with Crippen molar-refractivity contribution in [2.75, 3.05) is 5.32 Å². The van der Waals surface area contributed by atoms with Crippen molar-refractivity contribution in [3.05, 3.63) is 35.5 Å².